The van der Waals surface area contributed by atoms with Crippen molar-refractivity contribution in [3.05, 3.63) is 23.8 Å². The zero-order chi connectivity index (χ0) is 15.4. The highest BCUT2D eigenvalue weighted by Crippen LogP contribution is 2.22. The van der Waals surface area contributed by atoms with Crippen LogP contribution in [0.25, 0.3) is 0 Å². The Kier molecular flexibility index (Phi) is 4.52. The molecule has 1 heterocycles. The molecule has 1 saturated heterocycles. The number of hydrogen-bond acceptors (Lipinski definition) is 5. The first-order valence-corrected chi connectivity index (χ1v) is 6.75. The SMILES string of the molecule is CCOC(=O)N1CCN(C(=O)c2cc(O)cc(O)c2)CC1. The van der Waals surface area contributed by atoms with Crippen LogP contribution in [-0.2, 0) is 4.74 Å². The Morgan fingerprint density at radius 1 is 1.05 bits per heavy atom. The third-order valence-electron chi connectivity index (χ3n) is 3.24. The standard InChI is InChI=1S/C14H18N2O5/c1-2-21-14(20)16-5-3-15(4-6-16)13(19)10-7-11(17)9-12(18)8-10/h7-9,17-18H,2-6H2,1H3. The Labute approximate surface area is 122 Å². The van der Waals surface area contributed by atoms with Crippen LogP contribution in [0.5, 0.6) is 11.5 Å². The number of benzene rings is 1. The minimum absolute atomic E-state index is 0.163. The van der Waals surface area contributed by atoms with E-state index in [-0.39, 0.29) is 29.1 Å². The van der Waals surface area contributed by atoms with Gasteiger partial charge in [0.05, 0.1) is 6.61 Å². The molecule has 0 unspecified atom stereocenters. The predicted molar refractivity (Wildman–Crippen MR) is 74.3 cm³/mol. The van der Waals surface area contributed by atoms with Crippen LogP contribution in [0, 0.1) is 0 Å². The second-order valence-electron chi connectivity index (χ2n) is 4.72. The number of aromatic hydroxyl groups is 2. The van der Waals surface area contributed by atoms with Crippen molar-refractivity contribution in [1.29, 1.82) is 0 Å². The second kappa shape index (κ2) is 6.34. The monoisotopic (exact) mass is 294 g/mol. The molecule has 2 N–H and O–H groups in total. The molecular formula is C14H18N2O5. The van der Waals surface area contributed by atoms with Gasteiger partial charge in [-0.3, -0.25) is 4.79 Å². The summed E-state index contributed by atoms with van der Waals surface area (Å²) in [7, 11) is 0. The minimum Gasteiger partial charge on any atom is -0.508 e. The van der Waals surface area contributed by atoms with E-state index in [1.54, 1.807) is 16.7 Å². The summed E-state index contributed by atoms with van der Waals surface area (Å²) in [5.41, 5.74) is 0.220. The fraction of sp³-hybridized carbons (Fsp3) is 0.429. The quantitative estimate of drug-likeness (QED) is 0.849. The van der Waals surface area contributed by atoms with Crippen molar-refractivity contribution in [2.75, 3.05) is 32.8 Å². The van der Waals surface area contributed by atoms with Gasteiger partial charge < -0.3 is 24.7 Å². The molecular weight excluding hydrogens is 276 g/mol. The van der Waals surface area contributed by atoms with Gasteiger partial charge in [0.15, 0.2) is 0 Å². The van der Waals surface area contributed by atoms with Crippen molar-refractivity contribution in [1.82, 2.24) is 9.80 Å². The van der Waals surface area contributed by atoms with E-state index in [0.29, 0.717) is 32.8 Å². The maximum absolute atomic E-state index is 12.3. The average Bonchev–Trinajstić information content (AvgIpc) is 2.46. The number of piperazine rings is 1. The molecule has 0 spiro atoms. The Bertz CT molecular complexity index is 518. The highest BCUT2D eigenvalue weighted by atomic mass is 16.6. The summed E-state index contributed by atoms with van der Waals surface area (Å²) < 4.78 is 4.91. The number of phenols is 2. The molecule has 2 amide bonds. The largest absolute Gasteiger partial charge is 0.508 e. The smallest absolute Gasteiger partial charge is 0.409 e. The summed E-state index contributed by atoms with van der Waals surface area (Å²) in [6.45, 7) is 3.62. The van der Waals surface area contributed by atoms with Crippen LogP contribution in [0.15, 0.2) is 18.2 Å². The van der Waals surface area contributed by atoms with E-state index in [1.807, 2.05) is 0 Å². The van der Waals surface area contributed by atoms with Gasteiger partial charge in [-0.2, -0.15) is 0 Å². The topological polar surface area (TPSA) is 90.3 Å². The van der Waals surface area contributed by atoms with E-state index < -0.39 is 0 Å². The lowest BCUT2D eigenvalue weighted by atomic mass is 10.1. The van der Waals surface area contributed by atoms with Gasteiger partial charge >= 0.3 is 6.09 Å². The Morgan fingerprint density at radius 3 is 2.10 bits per heavy atom. The van der Waals surface area contributed by atoms with Crippen LogP contribution in [0.1, 0.15) is 17.3 Å². The molecule has 7 nitrogen and oxygen atoms in total. The zero-order valence-electron chi connectivity index (χ0n) is 11.8. The maximum atomic E-state index is 12.3. The lowest BCUT2D eigenvalue weighted by Gasteiger charge is -2.34. The summed E-state index contributed by atoms with van der Waals surface area (Å²) in [4.78, 5) is 27.0. The van der Waals surface area contributed by atoms with Gasteiger partial charge in [-0.1, -0.05) is 0 Å². The lowest BCUT2D eigenvalue weighted by molar-refractivity contribution is 0.0570. The van der Waals surface area contributed by atoms with E-state index in [4.69, 9.17) is 4.74 Å². The molecule has 1 aliphatic rings. The number of rotatable bonds is 2. The van der Waals surface area contributed by atoms with Gasteiger partial charge in [-0.15, -0.1) is 0 Å². The molecule has 1 fully saturated rings. The van der Waals surface area contributed by atoms with Crippen molar-refractivity contribution in [2.45, 2.75) is 6.92 Å². The fourth-order valence-corrected chi connectivity index (χ4v) is 2.21. The number of carbonyl (C=O) groups excluding carboxylic acids is 2. The summed E-state index contributed by atoms with van der Waals surface area (Å²) in [6, 6.07) is 3.77. The third kappa shape index (κ3) is 3.56. The van der Waals surface area contributed by atoms with Crippen molar-refractivity contribution in [2.24, 2.45) is 0 Å². The fourth-order valence-electron chi connectivity index (χ4n) is 2.21. The van der Waals surface area contributed by atoms with Crippen LogP contribution in [0.4, 0.5) is 4.79 Å². The molecule has 0 aliphatic carbocycles. The Balaban J connectivity index is 1.98. The normalized spacial score (nSPS) is 14.9. The molecule has 0 atom stereocenters. The van der Waals surface area contributed by atoms with Gasteiger partial charge in [0, 0.05) is 37.8 Å². The molecule has 7 heteroatoms. The molecule has 0 bridgehead atoms. The van der Waals surface area contributed by atoms with Crippen molar-refractivity contribution in [3.8, 4) is 11.5 Å². The molecule has 0 saturated carbocycles. The number of phenolic OH excluding ortho intramolecular Hbond substituents is 2. The van der Waals surface area contributed by atoms with E-state index in [9.17, 15) is 19.8 Å². The van der Waals surface area contributed by atoms with Gasteiger partial charge in [0.1, 0.15) is 11.5 Å². The first-order chi connectivity index (χ1) is 10.0. The van der Waals surface area contributed by atoms with Crippen LogP contribution in [0.3, 0.4) is 0 Å². The van der Waals surface area contributed by atoms with E-state index in [1.165, 1.54) is 12.1 Å². The van der Waals surface area contributed by atoms with Crippen LogP contribution >= 0.6 is 0 Å². The molecule has 1 aromatic rings. The van der Waals surface area contributed by atoms with Gasteiger partial charge in [0.2, 0.25) is 0 Å². The van der Waals surface area contributed by atoms with E-state index >= 15 is 0 Å². The number of amides is 2. The Hall–Kier alpha value is -2.44. The van der Waals surface area contributed by atoms with E-state index in [2.05, 4.69) is 0 Å². The number of nitrogens with zero attached hydrogens (tertiary/aromatic N) is 2. The van der Waals surface area contributed by atoms with Gasteiger partial charge in [0.25, 0.3) is 5.91 Å². The van der Waals surface area contributed by atoms with Crippen molar-refractivity contribution >= 4 is 12.0 Å². The van der Waals surface area contributed by atoms with Gasteiger partial charge in [-0.25, -0.2) is 4.79 Å². The predicted octanol–water partition coefficient (Wildman–Crippen LogP) is 1.01. The van der Waals surface area contributed by atoms with Crippen molar-refractivity contribution in [3.63, 3.8) is 0 Å². The van der Waals surface area contributed by atoms with Crippen molar-refractivity contribution < 1.29 is 24.5 Å². The highest BCUT2D eigenvalue weighted by Gasteiger charge is 2.25. The van der Waals surface area contributed by atoms with Crippen LogP contribution in [0.2, 0.25) is 0 Å². The van der Waals surface area contributed by atoms with Gasteiger partial charge in [-0.05, 0) is 19.1 Å². The first kappa shape index (κ1) is 15.0. The zero-order valence-corrected chi connectivity index (χ0v) is 11.8. The number of ether oxygens (including phenoxy) is 1. The molecule has 1 aromatic carbocycles. The molecule has 2 rings (SSSR count). The lowest BCUT2D eigenvalue weighted by Crippen LogP contribution is -2.50. The number of hydrogen-bond donors (Lipinski definition) is 2. The number of carbonyl (C=O) groups is 2. The summed E-state index contributed by atoms with van der Waals surface area (Å²) in [6.07, 6.45) is -0.375. The molecule has 21 heavy (non-hydrogen) atoms. The molecule has 0 aromatic heterocycles. The van der Waals surface area contributed by atoms with Crippen LogP contribution < -0.4 is 0 Å². The third-order valence-corrected chi connectivity index (χ3v) is 3.24. The molecule has 1 aliphatic heterocycles. The average molecular weight is 294 g/mol. The molecule has 114 valence electrons. The molecule has 0 radical (unpaired) electrons. The van der Waals surface area contributed by atoms with Crippen LogP contribution in [-0.4, -0.2) is 64.8 Å². The summed E-state index contributed by atoms with van der Waals surface area (Å²) >= 11 is 0. The minimum atomic E-state index is -0.375. The van der Waals surface area contributed by atoms with E-state index in [0.717, 1.165) is 6.07 Å². The first-order valence-electron chi connectivity index (χ1n) is 6.75. The summed E-state index contributed by atoms with van der Waals surface area (Å²) in [5.74, 6) is -0.614. The second-order valence-corrected chi connectivity index (χ2v) is 4.72. The highest BCUT2D eigenvalue weighted by molar-refractivity contribution is 5.95. The summed E-state index contributed by atoms with van der Waals surface area (Å²) in [5, 5.41) is 18.8. The maximum Gasteiger partial charge on any atom is 0.409 e. The Morgan fingerprint density at radius 2 is 1.57 bits per heavy atom.